The summed E-state index contributed by atoms with van der Waals surface area (Å²) in [5.41, 5.74) is -0.0645. The number of aromatic carboxylic acids is 1. The van der Waals surface area contributed by atoms with Crippen molar-refractivity contribution in [2.75, 3.05) is 0 Å². The second kappa shape index (κ2) is 4.66. The molecule has 1 aromatic carbocycles. The minimum absolute atomic E-state index is 0.0157. The predicted octanol–water partition coefficient (Wildman–Crippen LogP) is 1.69. The zero-order chi connectivity index (χ0) is 16.1. The number of halogens is 1. The largest absolute Gasteiger partial charge is 0.476 e. The summed E-state index contributed by atoms with van der Waals surface area (Å²) in [5, 5.41) is 11.8. The first kappa shape index (κ1) is 14.2. The van der Waals surface area contributed by atoms with E-state index in [1.54, 1.807) is 19.1 Å². The second-order valence-corrected chi connectivity index (χ2v) is 5.64. The summed E-state index contributed by atoms with van der Waals surface area (Å²) in [6, 6.07) is 4.68. The van der Waals surface area contributed by atoms with Crippen molar-refractivity contribution in [1.29, 1.82) is 0 Å². The smallest absolute Gasteiger partial charge is 0.356 e. The maximum atomic E-state index is 14.2. The summed E-state index contributed by atoms with van der Waals surface area (Å²) >= 11 is 0. The van der Waals surface area contributed by atoms with Crippen LogP contribution in [0.2, 0.25) is 0 Å². The lowest BCUT2D eigenvalue weighted by molar-refractivity contribution is 0.0678. The van der Waals surface area contributed by atoms with Crippen LogP contribution < -0.4 is 5.32 Å². The molecule has 7 heteroatoms. The third-order valence-corrected chi connectivity index (χ3v) is 3.85. The highest BCUT2D eigenvalue weighted by Crippen LogP contribution is 2.31. The van der Waals surface area contributed by atoms with Crippen LogP contribution in [-0.4, -0.2) is 26.5 Å². The maximum absolute atomic E-state index is 14.2. The normalized spacial score (nSPS) is 20.4. The third kappa shape index (κ3) is 2.05. The Labute approximate surface area is 125 Å². The number of nitrogens with one attached hydrogen (secondary N) is 1. The second-order valence-electron chi connectivity index (χ2n) is 5.64. The van der Waals surface area contributed by atoms with E-state index < -0.39 is 23.2 Å². The van der Waals surface area contributed by atoms with E-state index in [1.807, 2.05) is 6.92 Å². The first-order valence-electron chi connectivity index (χ1n) is 6.69. The van der Waals surface area contributed by atoms with Gasteiger partial charge in [0.2, 0.25) is 0 Å². The standard InChI is InChI=1S/C15H14FN3O3/c1-8-3-4-10(16)9(5-8)15(2)6-19-7-17-11(14(21)22)12(19)13(20)18-15/h3-5,7H,6H2,1-2H3,(H,18,20)(H,21,22)/t15-/m0/s1. The van der Waals surface area contributed by atoms with E-state index >= 15 is 0 Å². The van der Waals surface area contributed by atoms with Gasteiger partial charge < -0.3 is 15.0 Å². The van der Waals surface area contributed by atoms with E-state index in [4.69, 9.17) is 5.11 Å². The number of fused-ring (bicyclic) bond motifs is 1. The Kier molecular flexibility index (Phi) is 3.01. The Balaban J connectivity index is 2.10. The van der Waals surface area contributed by atoms with Crippen LogP contribution in [-0.2, 0) is 12.1 Å². The van der Waals surface area contributed by atoms with Crippen LogP contribution in [0.15, 0.2) is 24.5 Å². The lowest BCUT2D eigenvalue weighted by atomic mass is 9.88. The fraction of sp³-hybridized carbons (Fsp3) is 0.267. The summed E-state index contributed by atoms with van der Waals surface area (Å²) in [4.78, 5) is 27.1. The van der Waals surface area contributed by atoms with Crippen molar-refractivity contribution in [3.63, 3.8) is 0 Å². The van der Waals surface area contributed by atoms with E-state index in [0.29, 0.717) is 5.56 Å². The van der Waals surface area contributed by atoms with Crippen LogP contribution in [0.4, 0.5) is 4.39 Å². The fourth-order valence-electron chi connectivity index (χ4n) is 2.80. The van der Waals surface area contributed by atoms with Gasteiger partial charge in [-0.05, 0) is 19.9 Å². The molecule has 1 amide bonds. The number of rotatable bonds is 2. The van der Waals surface area contributed by atoms with Crippen LogP contribution in [0.25, 0.3) is 0 Å². The van der Waals surface area contributed by atoms with Gasteiger partial charge in [-0.3, -0.25) is 4.79 Å². The molecule has 114 valence electrons. The van der Waals surface area contributed by atoms with E-state index in [2.05, 4.69) is 10.3 Å². The monoisotopic (exact) mass is 303 g/mol. The molecule has 0 unspecified atom stereocenters. The molecule has 0 bridgehead atoms. The molecule has 1 aromatic heterocycles. The first-order chi connectivity index (χ1) is 10.3. The molecule has 2 N–H and O–H groups in total. The Morgan fingerprint density at radius 2 is 2.23 bits per heavy atom. The molecule has 1 aliphatic heterocycles. The molecule has 0 aliphatic carbocycles. The zero-order valence-electron chi connectivity index (χ0n) is 12.1. The van der Waals surface area contributed by atoms with Crippen LogP contribution >= 0.6 is 0 Å². The number of imidazole rings is 1. The third-order valence-electron chi connectivity index (χ3n) is 3.85. The molecular weight excluding hydrogens is 289 g/mol. The Morgan fingerprint density at radius 3 is 2.91 bits per heavy atom. The van der Waals surface area contributed by atoms with Crippen molar-refractivity contribution in [3.8, 4) is 0 Å². The van der Waals surface area contributed by atoms with Gasteiger partial charge in [-0.15, -0.1) is 0 Å². The van der Waals surface area contributed by atoms with Gasteiger partial charge in [0.1, 0.15) is 11.5 Å². The summed E-state index contributed by atoms with van der Waals surface area (Å²) in [6.45, 7) is 3.74. The highest BCUT2D eigenvalue weighted by Gasteiger charge is 2.40. The van der Waals surface area contributed by atoms with Crippen molar-refractivity contribution in [2.24, 2.45) is 0 Å². The first-order valence-corrected chi connectivity index (χ1v) is 6.69. The molecular formula is C15H14FN3O3. The Bertz CT molecular complexity index is 799. The molecule has 3 rings (SSSR count). The molecule has 1 aliphatic rings. The van der Waals surface area contributed by atoms with E-state index in [0.717, 1.165) is 5.56 Å². The van der Waals surface area contributed by atoms with Crippen molar-refractivity contribution in [3.05, 3.63) is 52.9 Å². The average Bonchev–Trinajstić information content (AvgIpc) is 2.85. The van der Waals surface area contributed by atoms with E-state index in [9.17, 15) is 14.0 Å². The minimum Gasteiger partial charge on any atom is -0.476 e. The number of benzene rings is 1. The van der Waals surface area contributed by atoms with Crippen molar-refractivity contribution >= 4 is 11.9 Å². The van der Waals surface area contributed by atoms with Gasteiger partial charge in [0, 0.05) is 5.56 Å². The maximum Gasteiger partial charge on any atom is 0.356 e. The molecule has 0 saturated heterocycles. The van der Waals surface area contributed by atoms with E-state index in [1.165, 1.54) is 17.0 Å². The lowest BCUT2D eigenvalue weighted by Gasteiger charge is -2.36. The predicted molar refractivity (Wildman–Crippen MR) is 75.1 cm³/mol. The summed E-state index contributed by atoms with van der Waals surface area (Å²) < 4.78 is 15.6. The fourth-order valence-corrected chi connectivity index (χ4v) is 2.80. The molecule has 1 atom stereocenters. The van der Waals surface area contributed by atoms with Gasteiger partial charge in [-0.25, -0.2) is 14.2 Å². The van der Waals surface area contributed by atoms with Gasteiger partial charge in [-0.2, -0.15) is 0 Å². The van der Waals surface area contributed by atoms with Crippen molar-refractivity contribution in [1.82, 2.24) is 14.9 Å². The molecule has 2 aromatic rings. The van der Waals surface area contributed by atoms with Crippen LogP contribution in [0.5, 0.6) is 0 Å². The van der Waals surface area contributed by atoms with Gasteiger partial charge in [0.25, 0.3) is 5.91 Å². The molecule has 0 fully saturated rings. The highest BCUT2D eigenvalue weighted by molar-refractivity contribution is 6.03. The number of carboxylic acid groups (broad SMARTS) is 1. The van der Waals surface area contributed by atoms with Gasteiger partial charge in [0.05, 0.1) is 18.4 Å². The zero-order valence-corrected chi connectivity index (χ0v) is 12.1. The van der Waals surface area contributed by atoms with Gasteiger partial charge in [-0.1, -0.05) is 17.7 Å². The topological polar surface area (TPSA) is 84.2 Å². The van der Waals surface area contributed by atoms with Crippen molar-refractivity contribution < 1.29 is 19.1 Å². The van der Waals surface area contributed by atoms with Crippen LogP contribution in [0.1, 0.15) is 39.0 Å². The summed E-state index contributed by atoms with van der Waals surface area (Å²) in [5.74, 6) is -2.27. The summed E-state index contributed by atoms with van der Waals surface area (Å²) in [7, 11) is 0. The number of nitrogens with zero attached hydrogens (tertiary/aromatic N) is 2. The Morgan fingerprint density at radius 1 is 1.50 bits per heavy atom. The Hall–Kier alpha value is -2.70. The van der Waals surface area contributed by atoms with Crippen LogP contribution in [0, 0.1) is 12.7 Å². The number of hydrogen-bond donors (Lipinski definition) is 2. The lowest BCUT2D eigenvalue weighted by Crippen LogP contribution is -2.52. The minimum atomic E-state index is -1.27. The van der Waals surface area contributed by atoms with E-state index in [-0.39, 0.29) is 17.9 Å². The number of carboxylic acids is 1. The number of aryl methyl sites for hydroxylation is 1. The number of carbonyl (C=O) groups excluding carboxylic acids is 1. The molecule has 6 nitrogen and oxygen atoms in total. The molecule has 0 saturated carbocycles. The average molecular weight is 303 g/mol. The number of amides is 1. The van der Waals surface area contributed by atoms with Gasteiger partial charge in [0.15, 0.2) is 5.69 Å². The van der Waals surface area contributed by atoms with Gasteiger partial charge >= 0.3 is 5.97 Å². The SMILES string of the molecule is Cc1ccc(F)c([C@]2(C)Cn3cnc(C(=O)O)c3C(=O)N2)c1. The highest BCUT2D eigenvalue weighted by atomic mass is 19.1. The van der Waals surface area contributed by atoms with Crippen LogP contribution in [0.3, 0.4) is 0 Å². The molecule has 22 heavy (non-hydrogen) atoms. The number of aromatic nitrogens is 2. The summed E-state index contributed by atoms with van der Waals surface area (Å²) in [6.07, 6.45) is 1.30. The molecule has 0 radical (unpaired) electrons. The molecule has 0 spiro atoms. The molecule has 2 heterocycles. The quantitative estimate of drug-likeness (QED) is 0.884. The van der Waals surface area contributed by atoms with Crippen molar-refractivity contribution in [2.45, 2.75) is 25.9 Å². The number of carbonyl (C=O) groups is 2. The number of hydrogen-bond acceptors (Lipinski definition) is 3.